The van der Waals surface area contributed by atoms with Crippen molar-refractivity contribution in [2.45, 2.75) is 44.9 Å². The van der Waals surface area contributed by atoms with Gasteiger partial charge in [0.05, 0.1) is 0 Å². The van der Waals surface area contributed by atoms with Crippen molar-refractivity contribution in [3.63, 3.8) is 0 Å². The summed E-state index contributed by atoms with van der Waals surface area (Å²) in [5.74, 6) is -0.0141. The minimum absolute atomic E-state index is 0.153. The van der Waals surface area contributed by atoms with Crippen LogP contribution in [0, 0.1) is 6.92 Å². The first-order valence-corrected chi connectivity index (χ1v) is 7.46. The topological polar surface area (TPSA) is 63.3 Å². The molecule has 1 aliphatic rings. The van der Waals surface area contributed by atoms with Gasteiger partial charge in [-0.25, -0.2) is 4.79 Å². The fourth-order valence-corrected chi connectivity index (χ4v) is 3.17. The molecule has 1 saturated carbocycles. The molecule has 0 unspecified atom stereocenters. The standard InChI is InChI=1S/C17H19NO3/c1-11-15(17(19)20)16(18-21-11)14-9-7-13(8-10-14)12-5-3-2-4-6-12/h7-10,12H,2-6H2,1H3,(H,19,20). The van der Waals surface area contributed by atoms with E-state index >= 15 is 0 Å². The predicted octanol–water partition coefficient (Wildman–Crippen LogP) is 4.40. The Bertz CT molecular complexity index is 637. The fourth-order valence-electron chi connectivity index (χ4n) is 3.17. The molecule has 0 bridgehead atoms. The number of hydrogen-bond acceptors (Lipinski definition) is 3. The number of aryl methyl sites for hydroxylation is 1. The van der Waals surface area contributed by atoms with Gasteiger partial charge in [0.2, 0.25) is 0 Å². The van der Waals surface area contributed by atoms with E-state index in [9.17, 15) is 9.90 Å². The normalized spacial score (nSPS) is 16.0. The zero-order valence-corrected chi connectivity index (χ0v) is 12.1. The van der Waals surface area contributed by atoms with Crippen LogP contribution in [0.4, 0.5) is 0 Å². The number of nitrogens with zero attached hydrogens (tertiary/aromatic N) is 1. The van der Waals surface area contributed by atoms with Crippen LogP contribution in [0.2, 0.25) is 0 Å². The van der Waals surface area contributed by atoms with Gasteiger partial charge in [0, 0.05) is 5.56 Å². The average molecular weight is 285 g/mol. The Morgan fingerprint density at radius 3 is 2.48 bits per heavy atom. The van der Waals surface area contributed by atoms with E-state index in [4.69, 9.17) is 4.52 Å². The third kappa shape index (κ3) is 2.71. The van der Waals surface area contributed by atoms with Crippen LogP contribution in [0.3, 0.4) is 0 Å². The molecule has 21 heavy (non-hydrogen) atoms. The molecule has 4 nitrogen and oxygen atoms in total. The van der Waals surface area contributed by atoms with Crippen molar-refractivity contribution in [2.24, 2.45) is 0 Å². The van der Waals surface area contributed by atoms with Crippen molar-refractivity contribution < 1.29 is 14.4 Å². The molecule has 110 valence electrons. The Balaban J connectivity index is 1.89. The van der Waals surface area contributed by atoms with Crippen LogP contribution in [0.1, 0.15) is 59.7 Å². The molecule has 1 heterocycles. The van der Waals surface area contributed by atoms with E-state index in [0.717, 1.165) is 5.56 Å². The first-order chi connectivity index (χ1) is 10.2. The first-order valence-electron chi connectivity index (χ1n) is 7.46. The second-order valence-corrected chi connectivity index (χ2v) is 5.72. The van der Waals surface area contributed by atoms with E-state index in [-0.39, 0.29) is 5.56 Å². The second-order valence-electron chi connectivity index (χ2n) is 5.72. The van der Waals surface area contributed by atoms with Gasteiger partial charge < -0.3 is 9.63 Å². The maximum Gasteiger partial charge on any atom is 0.341 e. The van der Waals surface area contributed by atoms with Gasteiger partial charge >= 0.3 is 5.97 Å². The smallest absolute Gasteiger partial charge is 0.341 e. The molecule has 1 aromatic heterocycles. The molecular weight excluding hydrogens is 266 g/mol. The van der Waals surface area contributed by atoms with Crippen molar-refractivity contribution in [3.8, 4) is 11.3 Å². The molecule has 0 atom stereocenters. The third-order valence-corrected chi connectivity index (χ3v) is 4.34. The van der Waals surface area contributed by atoms with Crippen molar-refractivity contribution in [2.75, 3.05) is 0 Å². The predicted molar refractivity (Wildman–Crippen MR) is 79.5 cm³/mol. The van der Waals surface area contributed by atoms with E-state index in [1.807, 2.05) is 12.1 Å². The van der Waals surface area contributed by atoms with Gasteiger partial charge in [-0.2, -0.15) is 0 Å². The quantitative estimate of drug-likeness (QED) is 0.908. The van der Waals surface area contributed by atoms with Gasteiger partial charge in [0.25, 0.3) is 0 Å². The zero-order chi connectivity index (χ0) is 14.8. The number of hydrogen-bond donors (Lipinski definition) is 1. The molecule has 0 aliphatic heterocycles. The largest absolute Gasteiger partial charge is 0.477 e. The summed E-state index contributed by atoms with van der Waals surface area (Å²) in [5, 5.41) is 13.1. The molecule has 0 spiro atoms. The number of carboxylic acid groups (broad SMARTS) is 1. The van der Waals surface area contributed by atoms with Crippen LogP contribution in [0.15, 0.2) is 28.8 Å². The van der Waals surface area contributed by atoms with Crippen molar-refractivity contribution in [1.82, 2.24) is 5.16 Å². The van der Waals surface area contributed by atoms with Gasteiger partial charge in [-0.15, -0.1) is 0 Å². The van der Waals surface area contributed by atoms with Gasteiger partial charge in [0.15, 0.2) is 0 Å². The average Bonchev–Trinajstić information content (AvgIpc) is 2.90. The van der Waals surface area contributed by atoms with E-state index in [0.29, 0.717) is 17.4 Å². The lowest BCUT2D eigenvalue weighted by Gasteiger charge is -2.22. The number of carboxylic acids is 1. The first kappa shape index (κ1) is 13.9. The third-order valence-electron chi connectivity index (χ3n) is 4.34. The zero-order valence-electron chi connectivity index (χ0n) is 12.1. The molecular formula is C17H19NO3. The number of carbonyl (C=O) groups is 1. The van der Waals surface area contributed by atoms with Crippen LogP contribution in [0.25, 0.3) is 11.3 Å². The molecule has 0 radical (unpaired) electrons. The Kier molecular flexibility index (Phi) is 3.78. The minimum atomic E-state index is -1.000. The van der Waals surface area contributed by atoms with Gasteiger partial charge in [-0.3, -0.25) is 0 Å². The number of aromatic carboxylic acids is 1. The lowest BCUT2D eigenvalue weighted by atomic mass is 9.84. The minimum Gasteiger partial charge on any atom is -0.477 e. The summed E-state index contributed by atoms with van der Waals surface area (Å²) in [6.45, 7) is 1.62. The molecule has 0 saturated heterocycles. The van der Waals surface area contributed by atoms with Crippen LogP contribution in [-0.2, 0) is 0 Å². The van der Waals surface area contributed by atoms with E-state index in [1.54, 1.807) is 6.92 Å². The number of benzene rings is 1. The Labute approximate surface area is 123 Å². The summed E-state index contributed by atoms with van der Waals surface area (Å²) in [6, 6.07) is 8.10. The molecule has 1 fully saturated rings. The highest BCUT2D eigenvalue weighted by Crippen LogP contribution is 2.34. The summed E-state index contributed by atoms with van der Waals surface area (Å²) < 4.78 is 5.03. The lowest BCUT2D eigenvalue weighted by Crippen LogP contribution is -2.04. The van der Waals surface area contributed by atoms with E-state index < -0.39 is 5.97 Å². The van der Waals surface area contributed by atoms with E-state index in [1.165, 1.54) is 37.7 Å². The summed E-state index contributed by atoms with van der Waals surface area (Å²) in [5.41, 5.74) is 2.70. The van der Waals surface area contributed by atoms with Crippen molar-refractivity contribution >= 4 is 5.97 Å². The number of aromatic nitrogens is 1. The van der Waals surface area contributed by atoms with Crippen LogP contribution in [-0.4, -0.2) is 16.2 Å². The Hall–Kier alpha value is -2.10. The lowest BCUT2D eigenvalue weighted by molar-refractivity contribution is 0.0696. The molecule has 1 aromatic carbocycles. The highest BCUT2D eigenvalue weighted by molar-refractivity contribution is 5.95. The highest BCUT2D eigenvalue weighted by Gasteiger charge is 2.21. The maximum atomic E-state index is 11.3. The second kappa shape index (κ2) is 5.72. The summed E-state index contributed by atoms with van der Waals surface area (Å²) >= 11 is 0. The number of rotatable bonds is 3. The Morgan fingerprint density at radius 1 is 1.19 bits per heavy atom. The van der Waals surface area contributed by atoms with Gasteiger partial charge in [-0.1, -0.05) is 48.7 Å². The van der Waals surface area contributed by atoms with Crippen molar-refractivity contribution in [1.29, 1.82) is 0 Å². The fraction of sp³-hybridized carbons (Fsp3) is 0.412. The van der Waals surface area contributed by atoms with E-state index in [2.05, 4.69) is 17.3 Å². The van der Waals surface area contributed by atoms with Crippen molar-refractivity contribution in [3.05, 3.63) is 41.2 Å². The summed E-state index contributed by atoms with van der Waals surface area (Å²) in [7, 11) is 0. The Morgan fingerprint density at radius 2 is 1.86 bits per heavy atom. The monoisotopic (exact) mass is 285 g/mol. The molecule has 0 amide bonds. The molecule has 1 N–H and O–H groups in total. The molecule has 1 aliphatic carbocycles. The maximum absolute atomic E-state index is 11.3. The van der Waals surface area contributed by atoms with Crippen LogP contribution < -0.4 is 0 Å². The van der Waals surface area contributed by atoms with Gasteiger partial charge in [0.1, 0.15) is 17.0 Å². The van der Waals surface area contributed by atoms with Crippen LogP contribution >= 0.6 is 0 Å². The molecule has 4 heteroatoms. The summed E-state index contributed by atoms with van der Waals surface area (Å²) in [6.07, 6.45) is 6.45. The molecule has 2 aromatic rings. The molecule has 3 rings (SSSR count). The summed E-state index contributed by atoms with van der Waals surface area (Å²) in [4.78, 5) is 11.3. The highest BCUT2D eigenvalue weighted by atomic mass is 16.5. The van der Waals surface area contributed by atoms with Crippen LogP contribution in [0.5, 0.6) is 0 Å². The van der Waals surface area contributed by atoms with Gasteiger partial charge in [-0.05, 0) is 31.2 Å². The SMILES string of the molecule is Cc1onc(-c2ccc(C3CCCCC3)cc2)c1C(=O)O.